The minimum absolute atomic E-state index is 0.0311. The molecule has 0 aliphatic rings. The molecule has 2 aromatic rings. The van der Waals surface area contributed by atoms with E-state index in [1.165, 1.54) is 31.2 Å². The first kappa shape index (κ1) is 14.9. The van der Waals surface area contributed by atoms with Crippen molar-refractivity contribution in [2.24, 2.45) is 0 Å². The van der Waals surface area contributed by atoms with Crippen molar-refractivity contribution in [1.29, 1.82) is 0 Å². The van der Waals surface area contributed by atoms with E-state index in [2.05, 4.69) is 9.71 Å². The number of rotatable bonds is 4. The number of thiazole rings is 1. The van der Waals surface area contributed by atoms with Gasteiger partial charge in [-0.2, -0.15) is 0 Å². The molecule has 0 saturated carbocycles. The van der Waals surface area contributed by atoms with Crippen LogP contribution in [0.25, 0.3) is 0 Å². The fraction of sp³-hybridized carbons (Fsp3) is 0.250. The standard InChI is InChI=1S/C12H13FN2O3S2/c1-7(9-3-5-10(13)6-4-9)15-20(17,18)11-8(2)14-12(16)19-11/h3-7,15H,1-2H3,(H,14,16). The van der Waals surface area contributed by atoms with E-state index in [1.807, 2.05) is 0 Å². The predicted octanol–water partition coefficient (Wildman–Crippen LogP) is 1.92. The van der Waals surface area contributed by atoms with Crippen LogP contribution in [0.15, 0.2) is 33.3 Å². The maximum Gasteiger partial charge on any atom is 0.305 e. The molecule has 1 atom stereocenters. The van der Waals surface area contributed by atoms with Gasteiger partial charge in [0.25, 0.3) is 10.0 Å². The topological polar surface area (TPSA) is 79.0 Å². The van der Waals surface area contributed by atoms with Crippen LogP contribution in [0.2, 0.25) is 0 Å². The maximum atomic E-state index is 12.8. The Kier molecular flexibility index (Phi) is 4.07. The Balaban J connectivity index is 2.26. The molecule has 108 valence electrons. The van der Waals surface area contributed by atoms with E-state index in [0.29, 0.717) is 22.6 Å². The lowest BCUT2D eigenvalue weighted by Gasteiger charge is -2.14. The van der Waals surface area contributed by atoms with E-state index in [0.717, 1.165) is 0 Å². The van der Waals surface area contributed by atoms with Crippen LogP contribution in [-0.2, 0) is 10.0 Å². The van der Waals surface area contributed by atoms with Gasteiger partial charge >= 0.3 is 4.87 Å². The second kappa shape index (κ2) is 5.47. The van der Waals surface area contributed by atoms with Crippen LogP contribution in [-0.4, -0.2) is 13.4 Å². The van der Waals surface area contributed by atoms with Gasteiger partial charge in [0.2, 0.25) is 0 Å². The molecule has 0 amide bonds. The smallest absolute Gasteiger partial charge is 0.305 e. The van der Waals surface area contributed by atoms with Crippen LogP contribution in [0.4, 0.5) is 4.39 Å². The van der Waals surface area contributed by atoms with Gasteiger partial charge in [0, 0.05) is 11.7 Å². The van der Waals surface area contributed by atoms with Crippen molar-refractivity contribution >= 4 is 21.4 Å². The van der Waals surface area contributed by atoms with Gasteiger partial charge in [-0.1, -0.05) is 23.5 Å². The molecule has 0 aliphatic carbocycles. The Labute approximate surface area is 119 Å². The number of aryl methyl sites for hydroxylation is 1. The minimum atomic E-state index is -3.78. The average Bonchev–Trinajstić information content (AvgIpc) is 2.69. The number of sulfonamides is 1. The van der Waals surface area contributed by atoms with Crippen molar-refractivity contribution in [3.8, 4) is 0 Å². The van der Waals surface area contributed by atoms with Crippen molar-refractivity contribution in [1.82, 2.24) is 9.71 Å². The lowest BCUT2D eigenvalue weighted by molar-refractivity contribution is 0.567. The summed E-state index contributed by atoms with van der Waals surface area (Å²) in [6, 6.07) is 5.02. The molecular weight excluding hydrogens is 303 g/mol. The quantitative estimate of drug-likeness (QED) is 0.904. The second-order valence-electron chi connectivity index (χ2n) is 4.32. The molecular formula is C12H13FN2O3S2. The van der Waals surface area contributed by atoms with Crippen molar-refractivity contribution in [3.05, 3.63) is 51.0 Å². The molecule has 8 heteroatoms. The summed E-state index contributed by atoms with van der Waals surface area (Å²) in [4.78, 5) is 13.2. The highest BCUT2D eigenvalue weighted by Gasteiger charge is 2.23. The van der Waals surface area contributed by atoms with Crippen LogP contribution in [0, 0.1) is 12.7 Å². The van der Waals surface area contributed by atoms with Gasteiger partial charge in [-0.15, -0.1) is 0 Å². The molecule has 5 nitrogen and oxygen atoms in total. The van der Waals surface area contributed by atoms with E-state index in [4.69, 9.17) is 0 Å². The Morgan fingerprint density at radius 1 is 1.30 bits per heavy atom. The Hall–Kier alpha value is -1.51. The lowest BCUT2D eigenvalue weighted by Crippen LogP contribution is -2.26. The SMILES string of the molecule is Cc1[nH]c(=O)sc1S(=O)(=O)NC(C)c1ccc(F)cc1. The average molecular weight is 316 g/mol. The maximum absolute atomic E-state index is 12.8. The molecule has 0 aliphatic heterocycles. The zero-order chi connectivity index (χ0) is 14.9. The molecule has 0 fully saturated rings. The number of aromatic amines is 1. The first-order valence-electron chi connectivity index (χ1n) is 5.77. The van der Waals surface area contributed by atoms with Gasteiger partial charge in [-0.3, -0.25) is 4.79 Å². The number of halogens is 1. The van der Waals surface area contributed by atoms with E-state index in [9.17, 15) is 17.6 Å². The molecule has 1 aromatic heterocycles. The first-order chi connectivity index (χ1) is 9.29. The third-order valence-electron chi connectivity index (χ3n) is 2.73. The number of aromatic nitrogens is 1. The molecule has 1 aromatic carbocycles. The zero-order valence-electron chi connectivity index (χ0n) is 10.8. The second-order valence-corrected chi connectivity index (χ2v) is 7.21. The summed E-state index contributed by atoms with van der Waals surface area (Å²) in [5.74, 6) is -0.386. The van der Waals surface area contributed by atoms with Gasteiger partial charge in [0.1, 0.15) is 5.82 Å². The lowest BCUT2D eigenvalue weighted by atomic mass is 10.1. The number of hydrogen-bond donors (Lipinski definition) is 2. The van der Waals surface area contributed by atoms with Gasteiger partial charge in [-0.05, 0) is 31.5 Å². The van der Waals surface area contributed by atoms with E-state index < -0.39 is 20.9 Å². The molecule has 0 spiro atoms. The molecule has 0 radical (unpaired) electrons. The molecule has 1 unspecified atom stereocenters. The van der Waals surface area contributed by atoms with Crippen molar-refractivity contribution in [2.75, 3.05) is 0 Å². The van der Waals surface area contributed by atoms with Crippen molar-refractivity contribution in [3.63, 3.8) is 0 Å². The van der Waals surface area contributed by atoms with Crippen LogP contribution in [0.3, 0.4) is 0 Å². The molecule has 2 N–H and O–H groups in total. The van der Waals surface area contributed by atoms with Gasteiger partial charge < -0.3 is 4.98 Å². The Morgan fingerprint density at radius 3 is 2.40 bits per heavy atom. The summed E-state index contributed by atoms with van der Waals surface area (Å²) in [6.45, 7) is 3.17. The van der Waals surface area contributed by atoms with Crippen LogP contribution in [0.5, 0.6) is 0 Å². The highest BCUT2D eigenvalue weighted by Crippen LogP contribution is 2.20. The molecule has 20 heavy (non-hydrogen) atoms. The van der Waals surface area contributed by atoms with Gasteiger partial charge in [0.05, 0.1) is 0 Å². The highest BCUT2D eigenvalue weighted by molar-refractivity contribution is 7.91. The number of H-pyrrole nitrogens is 1. The highest BCUT2D eigenvalue weighted by atomic mass is 32.2. The Morgan fingerprint density at radius 2 is 1.90 bits per heavy atom. The predicted molar refractivity (Wildman–Crippen MR) is 74.8 cm³/mol. The summed E-state index contributed by atoms with van der Waals surface area (Å²) in [5, 5.41) is 0. The van der Waals surface area contributed by atoms with Crippen LogP contribution < -0.4 is 9.60 Å². The third-order valence-corrected chi connectivity index (χ3v) is 5.87. The minimum Gasteiger partial charge on any atom is -0.315 e. The molecule has 0 saturated heterocycles. The van der Waals surface area contributed by atoms with E-state index in [-0.39, 0.29) is 10.0 Å². The molecule has 2 rings (SSSR count). The van der Waals surface area contributed by atoms with E-state index >= 15 is 0 Å². The van der Waals surface area contributed by atoms with Crippen molar-refractivity contribution < 1.29 is 12.8 Å². The number of nitrogens with one attached hydrogen (secondary N) is 2. The zero-order valence-corrected chi connectivity index (χ0v) is 12.4. The third kappa shape index (κ3) is 3.14. The summed E-state index contributed by atoms with van der Waals surface area (Å²) in [7, 11) is -3.78. The number of benzene rings is 1. The summed E-state index contributed by atoms with van der Waals surface area (Å²) < 4.78 is 39.6. The van der Waals surface area contributed by atoms with E-state index in [1.54, 1.807) is 6.92 Å². The fourth-order valence-electron chi connectivity index (χ4n) is 1.75. The summed E-state index contributed by atoms with van der Waals surface area (Å²) in [5.41, 5.74) is 0.939. The van der Waals surface area contributed by atoms with Crippen LogP contribution in [0.1, 0.15) is 24.2 Å². The monoisotopic (exact) mass is 316 g/mol. The summed E-state index contributed by atoms with van der Waals surface area (Å²) >= 11 is 0.639. The first-order valence-corrected chi connectivity index (χ1v) is 8.07. The Bertz CT molecular complexity index is 763. The number of hydrogen-bond acceptors (Lipinski definition) is 4. The normalized spacial score (nSPS) is 13.3. The van der Waals surface area contributed by atoms with Crippen molar-refractivity contribution in [2.45, 2.75) is 24.1 Å². The van der Waals surface area contributed by atoms with Gasteiger partial charge in [0.15, 0.2) is 4.21 Å². The largest absolute Gasteiger partial charge is 0.315 e. The van der Waals surface area contributed by atoms with Crippen LogP contribution >= 0.6 is 11.3 Å². The summed E-state index contributed by atoms with van der Waals surface area (Å²) in [6.07, 6.45) is 0. The molecule has 1 heterocycles. The fourth-order valence-corrected chi connectivity index (χ4v) is 4.30. The van der Waals surface area contributed by atoms with Gasteiger partial charge in [-0.25, -0.2) is 17.5 Å². The molecule has 0 bridgehead atoms.